The Kier molecular flexibility index (Phi) is 4.97. The maximum Gasteiger partial charge on any atom is 0.171 e. The quantitative estimate of drug-likeness (QED) is 0.633. The number of ketones is 1. The molecule has 0 atom stereocenters. The number of carbonyl (C=O) groups is 1. The topological polar surface area (TPSA) is 42.0 Å². The summed E-state index contributed by atoms with van der Waals surface area (Å²) in [7, 11) is 0. The second kappa shape index (κ2) is 6.74. The molecule has 0 bridgehead atoms. The van der Waals surface area contributed by atoms with Gasteiger partial charge in [-0.2, -0.15) is 0 Å². The smallest absolute Gasteiger partial charge is 0.171 e. The van der Waals surface area contributed by atoms with E-state index in [1.54, 1.807) is 6.08 Å². The maximum absolute atomic E-state index is 11.7. The molecule has 5 heteroatoms. The van der Waals surface area contributed by atoms with Crippen LogP contribution in [0.5, 0.6) is 0 Å². The highest BCUT2D eigenvalue weighted by molar-refractivity contribution is 5.91. The van der Waals surface area contributed by atoms with E-state index in [9.17, 15) is 4.79 Å². The van der Waals surface area contributed by atoms with Gasteiger partial charge in [-0.3, -0.25) is 9.69 Å². The molecule has 2 saturated heterocycles. The highest BCUT2D eigenvalue weighted by Crippen LogP contribution is 1.99. The van der Waals surface area contributed by atoms with Crippen molar-refractivity contribution in [2.45, 2.75) is 0 Å². The zero-order valence-electron chi connectivity index (χ0n) is 10.1. The van der Waals surface area contributed by atoms with E-state index in [0.717, 1.165) is 52.6 Å². The van der Waals surface area contributed by atoms with Gasteiger partial charge in [0.05, 0.1) is 33.0 Å². The summed E-state index contributed by atoms with van der Waals surface area (Å²) in [4.78, 5) is 16.0. The molecular formula is C12H20N2O3. The molecule has 0 unspecified atom stereocenters. The Bertz CT molecular complexity index is 269. The molecule has 0 radical (unpaired) electrons. The van der Waals surface area contributed by atoms with Gasteiger partial charge in [0.25, 0.3) is 0 Å². The average Bonchev–Trinajstić information content (AvgIpc) is 2.39. The third-order valence-electron chi connectivity index (χ3n) is 3.00. The van der Waals surface area contributed by atoms with Gasteiger partial charge in [0.1, 0.15) is 0 Å². The summed E-state index contributed by atoms with van der Waals surface area (Å²) in [6.45, 7) is 6.95. The summed E-state index contributed by atoms with van der Waals surface area (Å²) in [5.41, 5.74) is 0. The van der Waals surface area contributed by atoms with Crippen LogP contribution < -0.4 is 0 Å². The summed E-state index contributed by atoms with van der Waals surface area (Å²) < 4.78 is 10.5. The molecular weight excluding hydrogens is 220 g/mol. The van der Waals surface area contributed by atoms with Crippen molar-refractivity contribution in [1.29, 1.82) is 0 Å². The lowest BCUT2D eigenvalue weighted by molar-refractivity contribution is -0.116. The summed E-state index contributed by atoms with van der Waals surface area (Å²) in [5, 5.41) is 0. The van der Waals surface area contributed by atoms with Gasteiger partial charge >= 0.3 is 0 Å². The molecule has 5 nitrogen and oxygen atoms in total. The minimum Gasteiger partial charge on any atom is -0.379 e. The molecule has 17 heavy (non-hydrogen) atoms. The summed E-state index contributed by atoms with van der Waals surface area (Å²) >= 11 is 0. The fourth-order valence-corrected chi connectivity index (χ4v) is 1.95. The Morgan fingerprint density at radius 3 is 2.24 bits per heavy atom. The van der Waals surface area contributed by atoms with Gasteiger partial charge in [-0.25, -0.2) is 0 Å². The summed E-state index contributed by atoms with van der Waals surface area (Å²) in [5.74, 6) is 0.165. The van der Waals surface area contributed by atoms with Crippen LogP contribution in [-0.4, -0.2) is 74.7 Å². The first-order valence-electron chi connectivity index (χ1n) is 6.17. The number of ether oxygens (including phenoxy) is 2. The van der Waals surface area contributed by atoms with Gasteiger partial charge in [-0.15, -0.1) is 0 Å². The van der Waals surface area contributed by atoms with Crippen LogP contribution in [0.15, 0.2) is 12.3 Å². The first kappa shape index (κ1) is 12.5. The monoisotopic (exact) mass is 240 g/mol. The van der Waals surface area contributed by atoms with Crippen molar-refractivity contribution in [3.8, 4) is 0 Å². The van der Waals surface area contributed by atoms with Crippen LogP contribution in [0.3, 0.4) is 0 Å². The minimum atomic E-state index is 0.165. The largest absolute Gasteiger partial charge is 0.379 e. The van der Waals surface area contributed by atoms with E-state index in [1.807, 2.05) is 6.20 Å². The van der Waals surface area contributed by atoms with Gasteiger partial charge < -0.3 is 14.4 Å². The van der Waals surface area contributed by atoms with Crippen molar-refractivity contribution in [3.05, 3.63) is 12.3 Å². The van der Waals surface area contributed by atoms with E-state index in [-0.39, 0.29) is 5.78 Å². The number of hydrogen-bond donors (Lipinski definition) is 0. The highest BCUT2D eigenvalue weighted by atomic mass is 16.5. The molecule has 2 rings (SSSR count). The normalized spacial score (nSPS) is 23.2. The maximum atomic E-state index is 11.7. The third-order valence-corrected chi connectivity index (χ3v) is 3.00. The molecule has 0 aromatic carbocycles. The Hall–Kier alpha value is -0.910. The van der Waals surface area contributed by atoms with E-state index in [2.05, 4.69) is 9.80 Å². The van der Waals surface area contributed by atoms with Gasteiger partial charge in [-0.1, -0.05) is 0 Å². The second-order valence-corrected chi connectivity index (χ2v) is 4.32. The predicted molar refractivity (Wildman–Crippen MR) is 63.8 cm³/mol. The SMILES string of the molecule is O=C(C=CN1CCOCC1)CN1CCOCC1. The third kappa shape index (κ3) is 4.46. The van der Waals surface area contributed by atoms with Crippen molar-refractivity contribution in [2.24, 2.45) is 0 Å². The van der Waals surface area contributed by atoms with Crippen molar-refractivity contribution >= 4 is 5.78 Å². The van der Waals surface area contributed by atoms with Crippen LogP contribution in [0.1, 0.15) is 0 Å². The number of nitrogens with zero attached hydrogens (tertiary/aromatic N) is 2. The molecule has 0 spiro atoms. The molecule has 2 fully saturated rings. The lowest BCUT2D eigenvalue weighted by atomic mass is 10.3. The van der Waals surface area contributed by atoms with Crippen LogP contribution >= 0.6 is 0 Å². The van der Waals surface area contributed by atoms with Gasteiger partial charge in [0, 0.05) is 32.4 Å². The van der Waals surface area contributed by atoms with E-state index in [0.29, 0.717) is 6.54 Å². The zero-order chi connectivity index (χ0) is 11.9. The van der Waals surface area contributed by atoms with Gasteiger partial charge in [0.2, 0.25) is 0 Å². The molecule has 2 aliphatic rings. The first-order valence-corrected chi connectivity index (χ1v) is 6.17. The van der Waals surface area contributed by atoms with Crippen LogP contribution in [0.25, 0.3) is 0 Å². The van der Waals surface area contributed by atoms with Crippen LogP contribution in [0.2, 0.25) is 0 Å². The second-order valence-electron chi connectivity index (χ2n) is 4.32. The van der Waals surface area contributed by atoms with Gasteiger partial charge in [-0.05, 0) is 6.08 Å². The molecule has 96 valence electrons. The molecule has 0 saturated carbocycles. The van der Waals surface area contributed by atoms with E-state index >= 15 is 0 Å². The number of morpholine rings is 2. The predicted octanol–water partition coefficient (Wildman–Crippen LogP) is -0.266. The van der Waals surface area contributed by atoms with E-state index < -0.39 is 0 Å². The molecule has 0 amide bonds. The molecule has 0 N–H and O–H groups in total. The molecule has 0 aromatic heterocycles. The van der Waals surface area contributed by atoms with Crippen LogP contribution in [0, 0.1) is 0 Å². The van der Waals surface area contributed by atoms with E-state index in [4.69, 9.17) is 9.47 Å². The lowest BCUT2D eigenvalue weighted by Crippen LogP contribution is -2.39. The lowest BCUT2D eigenvalue weighted by Gasteiger charge is -2.26. The number of hydrogen-bond acceptors (Lipinski definition) is 5. The Balaban J connectivity index is 1.69. The van der Waals surface area contributed by atoms with Crippen LogP contribution in [0.4, 0.5) is 0 Å². The van der Waals surface area contributed by atoms with Crippen molar-refractivity contribution in [3.63, 3.8) is 0 Å². The molecule has 2 heterocycles. The Morgan fingerprint density at radius 2 is 1.59 bits per heavy atom. The molecule has 0 aliphatic carbocycles. The average molecular weight is 240 g/mol. The van der Waals surface area contributed by atoms with Crippen molar-refractivity contribution in [1.82, 2.24) is 9.80 Å². The molecule has 2 aliphatic heterocycles. The number of rotatable bonds is 4. The van der Waals surface area contributed by atoms with Gasteiger partial charge in [0.15, 0.2) is 5.78 Å². The fourth-order valence-electron chi connectivity index (χ4n) is 1.95. The van der Waals surface area contributed by atoms with Crippen molar-refractivity contribution < 1.29 is 14.3 Å². The molecule has 0 aromatic rings. The summed E-state index contributed by atoms with van der Waals surface area (Å²) in [6, 6.07) is 0. The first-order chi connectivity index (χ1) is 8.34. The number of carbonyl (C=O) groups excluding carboxylic acids is 1. The fraction of sp³-hybridized carbons (Fsp3) is 0.750. The van der Waals surface area contributed by atoms with Crippen LogP contribution in [-0.2, 0) is 14.3 Å². The Labute approximate surface area is 102 Å². The van der Waals surface area contributed by atoms with Crippen molar-refractivity contribution in [2.75, 3.05) is 59.2 Å². The van der Waals surface area contributed by atoms with E-state index in [1.165, 1.54) is 0 Å². The Morgan fingerprint density at radius 1 is 1.00 bits per heavy atom. The zero-order valence-corrected chi connectivity index (χ0v) is 10.1. The summed E-state index contributed by atoms with van der Waals surface area (Å²) in [6.07, 6.45) is 3.58. The highest BCUT2D eigenvalue weighted by Gasteiger charge is 2.13. The standard InChI is InChI=1S/C12H20N2O3/c15-12(11-14-5-9-17-10-6-14)1-2-13-3-7-16-8-4-13/h1-2H,3-11H2. The minimum absolute atomic E-state index is 0.165.